The van der Waals surface area contributed by atoms with E-state index < -0.39 is 0 Å². The zero-order valence-electron chi connectivity index (χ0n) is 10.6. The van der Waals surface area contributed by atoms with E-state index in [-0.39, 0.29) is 0 Å². The summed E-state index contributed by atoms with van der Waals surface area (Å²) in [4.78, 5) is 2.38. The molecule has 0 saturated heterocycles. The smallest absolute Gasteiger partial charge is 0.119 e. The molecule has 0 aliphatic carbocycles. The SMILES string of the molecule is CCCCC1N(CCC)C=NN1C(C)C. The molecule has 0 aromatic rings. The van der Waals surface area contributed by atoms with Crippen LogP contribution in [0.5, 0.6) is 0 Å². The quantitative estimate of drug-likeness (QED) is 0.673. The molecule has 0 bridgehead atoms. The third-order valence-electron chi connectivity index (χ3n) is 2.85. The Labute approximate surface area is 94.1 Å². The molecule has 0 aromatic carbocycles. The molecule has 3 heteroatoms. The van der Waals surface area contributed by atoms with E-state index in [1.807, 2.05) is 6.34 Å². The van der Waals surface area contributed by atoms with E-state index in [9.17, 15) is 0 Å². The van der Waals surface area contributed by atoms with Gasteiger partial charge >= 0.3 is 0 Å². The van der Waals surface area contributed by atoms with Gasteiger partial charge in [0.05, 0.1) is 0 Å². The van der Waals surface area contributed by atoms with Crippen molar-refractivity contribution in [3.8, 4) is 0 Å². The van der Waals surface area contributed by atoms with Crippen molar-refractivity contribution >= 4 is 6.34 Å². The third-order valence-corrected chi connectivity index (χ3v) is 2.85. The van der Waals surface area contributed by atoms with E-state index in [0.717, 1.165) is 6.54 Å². The average Bonchev–Trinajstić information content (AvgIpc) is 2.59. The molecule has 15 heavy (non-hydrogen) atoms. The zero-order valence-corrected chi connectivity index (χ0v) is 10.6. The maximum absolute atomic E-state index is 4.50. The molecule has 1 aliphatic rings. The molecule has 88 valence electrons. The van der Waals surface area contributed by atoms with E-state index in [1.54, 1.807) is 0 Å². The number of hydrogen-bond donors (Lipinski definition) is 0. The Morgan fingerprint density at radius 2 is 2.00 bits per heavy atom. The van der Waals surface area contributed by atoms with Crippen LogP contribution in [0.1, 0.15) is 53.4 Å². The van der Waals surface area contributed by atoms with Crippen LogP contribution in [0.4, 0.5) is 0 Å². The normalized spacial score (nSPS) is 20.7. The lowest BCUT2D eigenvalue weighted by molar-refractivity contribution is 0.0904. The minimum Gasteiger partial charge on any atom is -0.339 e. The monoisotopic (exact) mass is 211 g/mol. The Morgan fingerprint density at radius 1 is 1.27 bits per heavy atom. The first kappa shape index (κ1) is 12.3. The first-order valence-electron chi connectivity index (χ1n) is 6.28. The lowest BCUT2D eigenvalue weighted by Crippen LogP contribution is -2.42. The van der Waals surface area contributed by atoms with Gasteiger partial charge in [-0.1, -0.05) is 20.3 Å². The molecule has 1 heterocycles. The molecule has 0 aromatic heterocycles. The Balaban J connectivity index is 2.55. The van der Waals surface area contributed by atoms with E-state index in [4.69, 9.17) is 0 Å². The third kappa shape index (κ3) is 3.11. The van der Waals surface area contributed by atoms with Gasteiger partial charge in [-0.05, 0) is 33.1 Å². The minimum atomic E-state index is 0.505. The van der Waals surface area contributed by atoms with E-state index >= 15 is 0 Å². The average molecular weight is 211 g/mol. The zero-order chi connectivity index (χ0) is 11.3. The molecule has 1 aliphatic heterocycles. The van der Waals surface area contributed by atoms with Crippen molar-refractivity contribution in [3.63, 3.8) is 0 Å². The van der Waals surface area contributed by atoms with Crippen molar-refractivity contribution in [1.82, 2.24) is 9.91 Å². The molecular weight excluding hydrogens is 186 g/mol. The summed E-state index contributed by atoms with van der Waals surface area (Å²) in [5.41, 5.74) is 0. The number of hydrazone groups is 1. The van der Waals surface area contributed by atoms with Gasteiger partial charge in [0.15, 0.2) is 0 Å². The van der Waals surface area contributed by atoms with Crippen LogP contribution in [0.25, 0.3) is 0 Å². The van der Waals surface area contributed by atoms with Crippen molar-refractivity contribution in [2.24, 2.45) is 5.10 Å². The highest BCUT2D eigenvalue weighted by Crippen LogP contribution is 2.20. The molecule has 0 N–H and O–H groups in total. The fourth-order valence-corrected chi connectivity index (χ4v) is 2.06. The second-order valence-corrected chi connectivity index (χ2v) is 4.57. The Kier molecular flexibility index (Phi) is 4.92. The van der Waals surface area contributed by atoms with Crippen LogP contribution >= 0.6 is 0 Å². The van der Waals surface area contributed by atoms with Crippen LogP contribution in [0.2, 0.25) is 0 Å². The van der Waals surface area contributed by atoms with Crippen LogP contribution < -0.4 is 0 Å². The van der Waals surface area contributed by atoms with Gasteiger partial charge in [-0.3, -0.25) is 5.01 Å². The van der Waals surface area contributed by atoms with Crippen molar-refractivity contribution < 1.29 is 0 Å². The molecule has 1 atom stereocenters. The van der Waals surface area contributed by atoms with Crippen LogP contribution in [0, 0.1) is 0 Å². The van der Waals surface area contributed by atoms with Crippen LogP contribution in [-0.2, 0) is 0 Å². The molecular formula is C12H25N3. The maximum atomic E-state index is 4.50. The number of nitrogens with zero attached hydrogens (tertiary/aromatic N) is 3. The van der Waals surface area contributed by atoms with Gasteiger partial charge in [-0.25, -0.2) is 0 Å². The summed E-state index contributed by atoms with van der Waals surface area (Å²) in [6, 6.07) is 0.505. The Hall–Kier alpha value is -0.730. The predicted molar refractivity (Wildman–Crippen MR) is 65.8 cm³/mol. The highest BCUT2D eigenvalue weighted by molar-refractivity contribution is 5.57. The van der Waals surface area contributed by atoms with Gasteiger partial charge in [-0.2, -0.15) is 5.10 Å². The van der Waals surface area contributed by atoms with Crippen LogP contribution in [0.3, 0.4) is 0 Å². The summed E-state index contributed by atoms with van der Waals surface area (Å²) in [7, 11) is 0. The Morgan fingerprint density at radius 3 is 2.53 bits per heavy atom. The molecule has 0 fully saturated rings. The second-order valence-electron chi connectivity index (χ2n) is 4.57. The van der Waals surface area contributed by atoms with Crippen molar-refractivity contribution in [2.45, 2.75) is 65.6 Å². The van der Waals surface area contributed by atoms with Gasteiger partial charge in [-0.15, -0.1) is 0 Å². The topological polar surface area (TPSA) is 18.8 Å². The first-order chi connectivity index (χ1) is 7.20. The van der Waals surface area contributed by atoms with Gasteiger partial charge in [0.2, 0.25) is 0 Å². The van der Waals surface area contributed by atoms with Crippen LogP contribution in [-0.4, -0.2) is 35.0 Å². The summed E-state index contributed by atoms with van der Waals surface area (Å²) >= 11 is 0. The highest BCUT2D eigenvalue weighted by Gasteiger charge is 2.28. The van der Waals surface area contributed by atoms with Crippen molar-refractivity contribution in [1.29, 1.82) is 0 Å². The van der Waals surface area contributed by atoms with Crippen LogP contribution in [0.15, 0.2) is 5.10 Å². The molecule has 0 saturated carbocycles. The summed E-state index contributed by atoms with van der Waals surface area (Å²) in [6.45, 7) is 10.0. The van der Waals surface area contributed by atoms with Gasteiger partial charge < -0.3 is 4.90 Å². The fourth-order valence-electron chi connectivity index (χ4n) is 2.06. The lowest BCUT2D eigenvalue weighted by Gasteiger charge is -2.32. The van der Waals surface area contributed by atoms with E-state index in [1.165, 1.54) is 25.7 Å². The summed E-state index contributed by atoms with van der Waals surface area (Å²) in [6.07, 6.45) is 7.50. The van der Waals surface area contributed by atoms with Gasteiger partial charge in [0, 0.05) is 12.6 Å². The highest BCUT2D eigenvalue weighted by atomic mass is 15.6. The molecule has 3 nitrogen and oxygen atoms in total. The lowest BCUT2D eigenvalue weighted by atomic mass is 10.2. The molecule has 0 spiro atoms. The molecule has 0 radical (unpaired) electrons. The van der Waals surface area contributed by atoms with E-state index in [0.29, 0.717) is 12.2 Å². The predicted octanol–water partition coefficient (Wildman–Crippen LogP) is 2.88. The van der Waals surface area contributed by atoms with Gasteiger partial charge in [0.25, 0.3) is 0 Å². The maximum Gasteiger partial charge on any atom is 0.119 e. The number of hydrogen-bond acceptors (Lipinski definition) is 3. The van der Waals surface area contributed by atoms with Crippen molar-refractivity contribution in [3.05, 3.63) is 0 Å². The van der Waals surface area contributed by atoms with Crippen molar-refractivity contribution in [2.75, 3.05) is 6.54 Å². The van der Waals surface area contributed by atoms with E-state index in [2.05, 4.69) is 42.7 Å². The number of unbranched alkanes of at least 4 members (excludes halogenated alkanes) is 1. The largest absolute Gasteiger partial charge is 0.339 e. The first-order valence-corrected chi connectivity index (χ1v) is 6.28. The molecule has 1 rings (SSSR count). The summed E-state index contributed by atoms with van der Waals surface area (Å²) in [5, 5.41) is 6.75. The minimum absolute atomic E-state index is 0.505. The standard InChI is InChI=1S/C12H25N3/c1-5-7-8-12-14(9-6-2)10-13-15(12)11(3)4/h10-12H,5-9H2,1-4H3. The number of rotatable bonds is 6. The molecule has 1 unspecified atom stereocenters. The molecule has 0 amide bonds. The second kappa shape index (κ2) is 5.99. The fraction of sp³-hybridized carbons (Fsp3) is 0.917. The Bertz CT molecular complexity index is 201. The van der Waals surface area contributed by atoms with Gasteiger partial charge in [0.1, 0.15) is 12.5 Å². The summed E-state index contributed by atoms with van der Waals surface area (Å²) in [5.74, 6) is 0. The summed E-state index contributed by atoms with van der Waals surface area (Å²) < 4.78 is 0.